The summed E-state index contributed by atoms with van der Waals surface area (Å²) in [6, 6.07) is 0. The average molecular weight is 167 g/mol. The molecule has 2 fully saturated rings. The molecule has 0 heterocycles. The Balaban J connectivity index is 1.76. The van der Waals surface area contributed by atoms with Crippen molar-refractivity contribution in [3.05, 3.63) is 0 Å². The van der Waals surface area contributed by atoms with Crippen LogP contribution in [0.2, 0.25) is 0 Å². The van der Waals surface area contributed by atoms with E-state index < -0.39 is 0 Å². The van der Waals surface area contributed by atoms with E-state index in [-0.39, 0.29) is 0 Å². The van der Waals surface area contributed by atoms with Crippen LogP contribution in [-0.2, 0) is 0 Å². The van der Waals surface area contributed by atoms with Crippen molar-refractivity contribution < 1.29 is 0 Å². The molecular weight excluding hydrogens is 146 g/mol. The van der Waals surface area contributed by atoms with Crippen LogP contribution in [0.1, 0.15) is 39.0 Å². The zero-order valence-corrected chi connectivity index (χ0v) is 8.13. The normalized spacial score (nSPS) is 47.5. The lowest BCUT2D eigenvalue weighted by Gasteiger charge is -2.26. The van der Waals surface area contributed by atoms with E-state index in [1.54, 1.807) is 0 Å². The van der Waals surface area contributed by atoms with E-state index in [4.69, 9.17) is 5.73 Å². The van der Waals surface area contributed by atoms with Crippen LogP contribution in [0.25, 0.3) is 0 Å². The van der Waals surface area contributed by atoms with Crippen molar-refractivity contribution in [1.29, 1.82) is 0 Å². The summed E-state index contributed by atoms with van der Waals surface area (Å²) in [5.74, 6) is 3.98. The number of hydrogen-bond acceptors (Lipinski definition) is 1. The predicted octanol–water partition coefficient (Wildman–Crippen LogP) is 2.41. The molecule has 2 aliphatic rings. The molecule has 0 radical (unpaired) electrons. The van der Waals surface area contributed by atoms with Crippen molar-refractivity contribution in [3.63, 3.8) is 0 Å². The molecule has 0 saturated heterocycles. The van der Waals surface area contributed by atoms with Crippen molar-refractivity contribution in [2.75, 3.05) is 6.54 Å². The summed E-state index contributed by atoms with van der Waals surface area (Å²) in [5.41, 5.74) is 5.66. The summed E-state index contributed by atoms with van der Waals surface area (Å²) in [6.45, 7) is 3.33. The largest absolute Gasteiger partial charge is 0.330 e. The molecule has 2 atom stereocenters. The highest BCUT2D eigenvalue weighted by molar-refractivity contribution is 4.93. The van der Waals surface area contributed by atoms with Crippen molar-refractivity contribution in [1.82, 2.24) is 0 Å². The Morgan fingerprint density at radius 1 is 1.17 bits per heavy atom. The first-order valence-electron chi connectivity index (χ1n) is 5.51. The predicted molar refractivity (Wildman–Crippen MR) is 51.8 cm³/mol. The van der Waals surface area contributed by atoms with Gasteiger partial charge in [0.25, 0.3) is 0 Å². The maximum absolute atomic E-state index is 5.66. The van der Waals surface area contributed by atoms with E-state index >= 15 is 0 Å². The molecule has 70 valence electrons. The molecule has 2 unspecified atom stereocenters. The van der Waals surface area contributed by atoms with Crippen molar-refractivity contribution >= 4 is 0 Å². The fourth-order valence-corrected chi connectivity index (χ4v) is 2.83. The molecule has 0 spiro atoms. The summed E-state index contributed by atoms with van der Waals surface area (Å²) in [6.07, 6.45) is 7.36. The first kappa shape index (κ1) is 8.55. The van der Waals surface area contributed by atoms with Gasteiger partial charge in [-0.2, -0.15) is 0 Å². The summed E-state index contributed by atoms with van der Waals surface area (Å²) in [5, 5.41) is 0. The van der Waals surface area contributed by atoms with Crippen molar-refractivity contribution in [2.45, 2.75) is 39.0 Å². The number of rotatable bonds is 2. The Morgan fingerprint density at radius 3 is 2.33 bits per heavy atom. The van der Waals surface area contributed by atoms with E-state index in [9.17, 15) is 0 Å². The van der Waals surface area contributed by atoms with E-state index in [1.165, 1.54) is 32.1 Å². The van der Waals surface area contributed by atoms with Crippen LogP contribution in [0.3, 0.4) is 0 Å². The van der Waals surface area contributed by atoms with Crippen LogP contribution < -0.4 is 5.73 Å². The highest BCUT2D eigenvalue weighted by atomic mass is 14.6. The van der Waals surface area contributed by atoms with Gasteiger partial charge in [-0.05, 0) is 49.5 Å². The zero-order valence-electron chi connectivity index (χ0n) is 8.13. The number of hydrogen-bond donors (Lipinski definition) is 1. The minimum atomic E-state index is 0.906. The van der Waals surface area contributed by atoms with Crippen LogP contribution in [0.4, 0.5) is 0 Å². The fraction of sp³-hybridized carbons (Fsp3) is 1.00. The quantitative estimate of drug-likeness (QED) is 0.671. The Hall–Kier alpha value is -0.0400. The fourth-order valence-electron chi connectivity index (χ4n) is 2.83. The van der Waals surface area contributed by atoms with Crippen LogP contribution in [0, 0.1) is 23.7 Å². The van der Waals surface area contributed by atoms with Crippen molar-refractivity contribution in [2.24, 2.45) is 29.4 Å². The van der Waals surface area contributed by atoms with Gasteiger partial charge in [-0.3, -0.25) is 0 Å². The third-order valence-electron chi connectivity index (χ3n) is 3.95. The van der Waals surface area contributed by atoms with Gasteiger partial charge in [-0.15, -0.1) is 0 Å². The first-order chi connectivity index (χ1) is 5.81. The minimum absolute atomic E-state index is 0.906. The molecule has 0 amide bonds. The maximum atomic E-state index is 5.66. The molecule has 1 heteroatoms. The second-order valence-electron chi connectivity index (χ2n) is 4.92. The van der Waals surface area contributed by atoms with Gasteiger partial charge < -0.3 is 5.73 Å². The molecular formula is C11H21N. The van der Waals surface area contributed by atoms with Gasteiger partial charge in [-0.25, -0.2) is 0 Å². The molecule has 12 heavy (non-hydrogen) atoms. The molecule has 0 aromatic carbocycles. The summed E-state index contributed by atoms with van der Waals surface area (Å²) in [4.78, 5) is 0. The Labute approximate surface area is 75.7 Å². The Morgan fingerprint density at radius 2 is 1.83 bits per heavy atom. The van der Waals surface area contributed by atoms with Gasteiger partial charge >= 0.3 is 0 Å². The molecule has 2 saturated carbocycles. The molecule has 0 aromatic rings. The van der Waals surface area contributed by atoms with Crippen LogP contribution in [0.5, 0.6) is 0 Å². The van der Waals surface area contributed by atoms with Gasteiger partial charge in [0.05, 0.1) is 0 Å². The average Bonchev–Trinajstić information content (AvgIpc) is 2.85. The summed E-state index contributed by atoms with van der Waals surface area (Å²) < 4.78 is 0. The number of nitrogens with two attached hydrogens (primary N) is 1. The van der Waals surface area contributed by atoms with Gasteiger partial charge in [0.1, 0.15) is 0 Å². The molecule has 2 N–H and O–H groups in total. The van der Waals surface area contributed by atoms with E-state index in [2.05, 4.69) is 6.92 Å². The SMILES string of the molecule is CC1CCC(C2CC2CN)CC1. The van der Waals surface area contributed by atoms with Gasteiger partial charge in [0.15, 0.2) is 0 Å². The molecule has 2 rings (SSSR count). The highest BCUT2D eigenvalue weighted by Crippen LogP contribution is 2.49. The van der Waals surface area contributed by atoms with Crippen LogP contribution in [-0.4, -0.2) is 6.54 Å². The van der Waals surface area contributed by atoms with E-state index in [1.807, 2.05) is 0 Å². The second-order valence-corrected chi connectivity index (χ2v) is 4.92. The highest BCUT2D eigenvalue weighted by Gasteiger charge is 2.42. The topological polar surface area (TPSA) is 26.0 Å². The van der Waals surface area contributed by atoms with Gasteiger partial charge in [0, 0.05) is 0 Å². The molecule has 0 aromatic heterocycles. The minimum Gasteiger partial charge on any atom is -0.330 e. The maximum Gasteiger partial charge on any atom is -0.00460 e. The lowest BCUT2D eigenvalue weighted by Crippen LogP contribution is -2.16. The third-order valence-corrected chi connectivity index (χ3v) is 3.95. The zero-order chi connectivity index (χ0) is 8.55. The summed E-state index contributed by atoms with van der Waals surface area (Å²) >= 11 is 0. The molecule has 2 aliphatic carbocycles. The lowest BCUT2D eigenvalue weighted by atomic mass is 9.80. The Kier molecular flexibility index (Phi) is 2.40. The first-order valence-corrected chi connectivity index (χ1v) is 5.51. The molecule has 0 aliphatic heterocycles. The van der Waals surface area contributed by atoms with Gasteiger partial charge in [-0.1, -0.05) is 19.8 Å². The van der Waals surface area contributed by atoms with E-state index in [0.717, 1.165) is 30.2 Å². The lowest BCUT2D eigenvalue weighted by molar-refractivity contribution is 0.257. The van der Waals surface area contributed by atoms with Crippen molar-refractivity contribution in [3.8, 4) is 0 Å². The Bertz CT molecular complexity index is 147. The summed E-state index contributed by atoms with van der Waals surface area (Å²) in [7, 11) is 0. The third kappa shape index (κ3) is 1.66. The van der Waals surface area contributed by atoms with Crippen LogP contribution in [0.15, 0.2) is 0 Å². The smallest absolute Gasteiger partial charge is 0.00460 e. The monoisotopic (exact) mass is 167 g/mol. The van der Waals surface area contributed by atoms with Crippen LogP contribution >= 0.6 is 0 Å². The van der Waals surface area contributed by atoms with Gasteiger partial charge in [0.2, 0.25) is 0 Å². The van der Waals surface area contributed by atoms with E-state index in [0.29, 0.717) is 0 Å². The standard InChI is InChI=1S/C11H21N/c1-8-2-4-9(5-3-8)11-6-10(11)7-12/h8-11H,2-7,12H2,1H3. The second kappa shape index (κ2) is 3.37. The molecule has 1 nitrogen and oxygen atoms in total. The molecule has 0 bridgehead atoms.